The average molecular weight is 110 g/mol. The van der Waals surface area contributed by atoms with Gasteiger partial charge in [0.05, 0.1) is 0 Å². The van der Waals surface area contributed by atoms with Crippen LogP contribution in [0.25, 0.3) is 0 Å². The van der Waals surface area contributed by atoms with Gasteiger partial charge in [0.1, 0.15) is 0 Å². The summed E-state index contributed by atoms with van der Waals surface area (Å²) in [7, 11) is 0. The zero-order chi connectivity index (χ0) is 4.28. The smallest absolute Gasteiger partial charge is 0.478 e. The molecule has 0 radical (unpaired) electrons. The van der Waals surface area contributed by atoms with Gasteiger partial charge in [-0.2, -0.15) is 0 Å². The van der Waals surface area contributed by atoms with Gasteiger partial charge < -0.3 is 12.5 Å². The maximum Gasteiger partial charge on any atom is 1.00 e. The molecule has 0 rings (SSSR count). The van der Waals surface area contributed by atoms with E-state index in [0.29, 0.717) is 0 Å². The molecule has 3 heteroatoms. The van der Waals surface area contributed by atoms with E-state index < -0.39 is 5.97 Å². The van der Waals surface area contributed by atoms with Crippen LogP contribution in [0.5, 0.6) is 0 Å². The van der Waals surface area contributed by atoms with Gasteiger partial charge in [0.15, 0.2) is 0 Å². The van der Waals surface area contributed by atoms with Gasteiger partial charge in [0.2, 0.25) is 0 Å². The largest absolute Gasteiger partial charge is 1.00 e. The summed E-state index contributed by atoms with van der Waals surface area (Å²) in [5.74, 6) is -0.981. The number of carbonyl (C=O) groups is 1. The van der Waals surface area contributed by atoms with E-state index in [-0.39, 0.29) is 37.0 Å². The molecule has 0 saturated carbocycles. The normalized spacial score (nSPS) is 4.57. The van der Waals surface area contributed by atoms with Crippen LogP contribution < -0.4 is 29.6 Å². The van der Waals surface area contributed by atoms with Crippen molar-refractivity contribution >= 4 is 5.97 Å². The Morgan fingerprint density at radius 1 is 1.71 bits per heavy atom. The Labute approximate surface area is 65.5 Å². The van der Waals surface area contributed by atoms with Crippen molar-refractivity contribution in [2.75, 3.05) is 0 Å². The van der Waals surface area contributed by atoms with Crippen molar-refractivity contribution in [1.82, 2.24) is 0 Å². The summed E-state index contributed by atoms with van der Waals surface area (Å²) < 4.78 is 0. The molecule has 0 aliphatic heterocycles. The van der Waals surface area contributed by atoms with E-state index in [2.05, 4.69) is 6.58 Å². The Balaban J connectivity index is -0.0000000800. The van der Waals surface area contributed by atoms with E-state index >= 15 is 0 Å². The molecule has 0 aromatic heterocycles. The second-order valence-electron chi connectivity index (χ2n) is 0.542. The predicted molar refractivity (Wildman–Crippen MR) is 24.2 cm³/mol. The number of hydrogen-bond donors (Lipinski definition) is 1. The Bertz CT molecular complexity index is 60.7. The third-order valence-electron chi connectivity index (χ3n) is 0.175. The standard InChI is InChI=1S/C3H4O2.CH3.Na/c1-2-3(4)5;;/h2H,1H2,(H,4,5);1H3;/q;-1;+1. The number of hydrogen-bond acceptors (Lipinski definition) is 1. The van der Waals surface area contributed by atoms with E-state index in [1.807, 2.05) is 0 Å². The fourth-order valence-corrected chi connectivity index (χ4v) is 0. The first-order valence-electron chi connectivity index (χ1n) is 1.12. The molecular weight excluding hydrogens is 103 g/mol. The van der Waals surface area contributed by atoms with Gasteiger partial charge in [0, 0.05) is 6.08 Å². The van der Waals surface area contributed by atoms with Crippen LogP contribution in [0.15, 0.2) is 12.7 Å². The molecule has 1 N–H and O–H groups in total. The quantitative estimate of drug-likeness (QED) is 0.234. The van der Waals surface area contributed by atoms with Crippen LogP contribution in [0.1, 0.15) is 0 Å². The van der Waals surface area contributed by atoms with Crippen molar-refractivity contribution in [2.45, 2.75) is 0 Å². The summed E-state index contributed by atoms with van der Waals surface area (Å²) in [6, 6.07) is 0. The Kier molecular flexibility index (Phi) is 21.3. The molecule has 0 spiro atoms. The second-order valence-corrected chi connectivity index (χ2v) is 0.542. The van der Waals surface area contributed by atoms with E-state index in [0.717, 1.165) is 6.08 Å². The fraction of sp³-hybridized carbons (Fsp3) is 0. The van der Waals surface area contributed by atoms with Crippen LogP contribution in [0.2, 0.25) is 0 Å². The summed E-state index contributed by atoms with van der Waals surface area (Å²) in [5.41, 5.74) is 0. The van der Waals surface area contributed by atoms with Gasteiger partial charge in [-0.05, 0) is 0 Å². The molecule has 0 atom stereocenters. The molecule has 0 amide bonds. The van der Waals surface area contributed by atoms with Gasteiger partial charge in [-0.15, -0.1) is 0 Å². The number of carboxylic acids is 1. The van der Waals surface area contributed by atoms with Crippen molar-refractivity contribution in [2.24, 2.45) is 0 Å². The summed E-state index contributed by atoms with van der Waals surface area (Å²) >= 11 is 0. The molecule has 0 aromatic carbocycles. The second kappa shape index (κ2) is 9.51. The van der Waals surface area contributed by atoms with Gasteiger partial charge in [0.25, 0.3) is 0 Å². The average Bonchev–Trinajstić information content (AvgIpc) is 1.38. The third kappa shape index (κ3) is 22.5. The van der Waals surface area contributed by atoms with Crippen LogP contribution in [-0.4, -0.2) is 11.1 Å². The monoisotopic (exact) mass is 110 g/mol. The minimum absolute atomic E-state index is 0. The maximum absolute atomic E-state index is 9.25. The first kappa shape index (κ1) is 15.7. The summed E-state index contributed by atoms with van der Waals surface area (Å²) in [4.78, 5) is 9.25. The van der Waals surface area contributed by atoms with Crippen molar-refractivity contribution in [3.63, 3.8) is 0 Å². The van der Waals surface area contributed by atoms with Crippen LogP contribution in [0.3, 0.4) is 0 Å². The van der Waals surface area contributed by atoms with E-state index in [1.54, 1.807) is 0 Å². The van der Waals surface area contributed by atoms with E-state index in [1.165, 1.54) is 0 Å². The van der Waals surface area contributed by atoms with Crippen LogP contribution in [0, 0.1) is 7.43 Å². The zero-order valence-electron chi connectivity index (χ0n) is 4.64. The first-order chi connectivity index (χ1) is 2.27. The maximum atomic E-state index is 9.25. The van der Waals surface area contributed by atoms with Crippen LogP contribution >= 0.6 is 0 Å². The van der Waals surface area contributed by atoms with Crippen LogP contribution in [-0.2, 0) is 4.79 Å². The number of aliphatic carboxylic acids is 1. The molecule has 0 unspecified atom stereocenters. The van der Waals surface area contributed by atoms with Crippen molar-refractivity contribution < 1.29 is 39.5 Å². The Hall–Kier alpha value is 0.210. The fourth-order valence-electron chi connectivity index (χ4n) is 0. The third-order valence-corrected chi connectivity index (χ3v) is 0.175. The molecule has 0 bridgehead atoms. The number of rotatable bonds is 1. The number of carboxylic acid groups (broad SMARTS) is 1. The summed E-state index contributed by atoms with van der Waals surface area (Å²) in [5, 5.41) is 7.60. The van der Waals surface area contributed by atoms with E-state index in [4.69, 9.17) is 5.11 Å². The molecule has 0 saturated heterocycles. The van der Waals surface area contributed by atoms with E-state index in [9.17, 15) is 4.79 Å². The van der Waals surface area contributed by atoms with Crippen molar-refractivity contribution in [1.29, 1.82) is 0 Å². The summed E-state index contributed by atoms with van der Waals surface area (Å²) in [6.45, 7) is 2.96. The molecule has 2 nitrogen and oxygen atoms in total. The molecule has 0 fully saturated rings. The molecule has 36 valence electrons. The topological polar surface area (TPSA) is 37.3 Å². The molecule has 0 aliphatic rings. The van der Waals surface area contributed by atoms with Crippen LogP contribution in [0.4, 0.5) is 0 Å². The van der Waals surface area contributed by atoms with Crippen molar-refractivity contribution in [3.8, 4) is 0 Å². The Morgan fingerprint density at radius 3 is 1.86 bits per heavy atom. The predicted octanol–water partition coefficient (Wildman–Crippen LogP) is -2.29. The summed E-state index contributed by atoms with van der Waals surface area (Å²) in [6.07, 6.45) is 0.833. The van der Waals surface area contributed by atoms with Gasteiger partial charge in [-0.1, -0.05) is 6.58 Å². The van der Waals surface area contributed by atoms with Gasteiger partial charge in [-0.25, -0.2) is 4.79 Å². The minimum Gasteiger partial charge on any atom is -0.478 e. The SMILES string of the molecule is C=CC(=O)O.[CH3-].[Na+]. The molecule has 0 aliphatic carbocycles. The molecule has 0 aromatic rings. The zero-order valence-corrected chi connectivity index (χ0v) is 6.64. The molecule has 7 heavy (non-hydrogen) atoms. The van der Waals surface area contributed by atoms with Gasteiger partial charge in [-0.3, -0.25) is 0 Å². The van der Waals surface area contributed by atoms with Gasteiger partial charge >= 0.3 is 35.5 Å². The Morgan fingerprint density at radius 2 is 1.86 bits per heavy atom. The molecule has 0 heterocycles. The minimum atomic E-state index is -0.981. The van der Waals surface area contributed by atoms with Crippen molar-refractivity contribution in [3.05, 3.63) is 20.1 Å². The first-order valence-corrected chi connectivity index (χ1v) is 1.12. The molecular formula is C4H7NaO2.